The van der Waals surface area contributed by atoms with Gasteiger partial charge in [0.25, 0.3) is 0 Å². The highest BCUT2D eigenvalue weighted by molar-refractivity contribution is 5.87. The molecule has 0 saturated carbocycles. The second kappa shape index (κ2) is 7.02. The van der Waals surface area contributed by atoms with E-state index in [0.717, 1.165) is 43.5 Å². The molecule has 2 saturated heterocycles. The number of methoxy groups -OCH3 is 1. The lowest BCUT2D eigenvalue weighted by Gasteiger charge is -2.31. The summed E-state index contributed by atoms with van der Waals surface area (Å²) in [6.07, 6.45) is 3.95. The molecule has 5 nitrogen and oxygen atoms in total. The van der Waals surface area contributed by atoms with Gasteiger partial charge in [-0.15, -0.1) is 0 Å². The molecule has 5 heteroatoms. The maximum Gasteiger partial charge on any atom is 0.226 e. The molecular weight excluding hydrogens is 292 g/mol. The Hall–Kier alpha value is -2.04. The average Bonchev–Trinajstić information content (AvgIpc) is 3.03. The number of hydrogen-bond donors (Lipinski definition) is 1. The summed E-state index contributed by atoms with van der Waals surface area (Å²) in [5.41, 5.74) is 1.14. The number of rotatable bonds is 4. The average molecular weight is 316 g/mol. The third-order valence-corrected chi connectivity index (χ3v) is 4.90. The zero-order chi connectivity index (χ0) is 16.2. The lowest BCUT2D eigenvalue weighted by atomic mass is 9.95. The van der Waals surface area contributed by atoms with Crippen LogP contribution in [-0.4, -0.2) is 43.0 Å². The van der Waals surface area contributed by atoms with Crippen LogP contribution >= 0.6 is 0 Å². The minimum Gasteiger partial charge on any atom is -0.496 e. The van der Waals surface area contributed by atoms with Crippen molar-refractivity contribution in [2.45, 2.75) is 38.1 Å². The van der Waals surface area contributed by atoms with E-state index in [1.165, 1.54) is 0 Å². The molecule has 0 aliphatic carbocycles. The fraction of sp³-hybridized carbons (Fsp3) is 0.556. The standard InChI is InChI=1S/C18H24N2O3/c1-23-16-7-3-2-5-13(16)11-15-6-4-10-20(15)18(22)14-8-9-19-17(21)12-14/h2-3,5,7,14-15H,4,6,8-12H2,1H3,(H,19,21). The van der Waals surface area contributed by atoms with E-state index in [4.69, 9.17) is 4.74 Å². The fourth-order valence-electron chi connectivity index (χ4n) is 3.69. The maximum absolute atomic E-state index is 12.8. The third kappa shape index (κ3) is 3.49. The highest BCUT2D eigenvalue weighted by atomic mass is 16.5. The van der Waals surface area contributed by atoms with Gasteiger partial charge in [-0.3, -0.25) is 9.59 Å². The minimum absolute atomic E-state index is 0.00456. The quantitative estimate of drug-likeness (QED) is 0.921. The normalized spacial score (nSPS) is 24.4. The molecule has 0 radical (unpaired) electrons. The molecule has 2 fully saturated rings. The van der Waals surface area contributed by atoms with Gasteiger partial charge >= 0.3 is 0 Å². The molecule has 0 bridgehead atoms. The molecule has 0 spiro atoms. The van der Waals surface area contributed by atoms with Crippen LogP contribution < -0.4 is 10.1 Å². The van der Waals surface area contributed by atoms with Crippen LogP contribution in [0.25, 0.3) is 0 Å². The van der Waals surface area contributed by atoms with Crippen molar-refractivity contribution in [3.8, 4) is 5.75 Å². The van der Waals surface area contributed by atoms with E-state index in [2.05, 4.69) is 11.4 Å². The number of likely N-dealkylation sites (tertiary alicyclic amines) is 1. The van der Waals surface area contributed by atoms with Crippen LogP contribution in [0.5, 0.6) is 5.75 Å². The Kier molecular flexibility index (Phi) is 4.84. The predicted octanol–water partition coefficient (Wildman–Crippen LogP) is 1.75. The van der Waals surface area contributed by atoms with Crippen LogP contribution in [0.1, 0.15) is 31.2 Å². The molecule has 1 aromatic rings. The molecule has 0 aromatic heterocycles. The summed E-state index contributed by atoms with van der Waals surface area (Å²) < 4.78 is 5.43. The van der Waals surface area contributed by atoms with E-state index < -0.39 is 0 Å². The van der Waals surface area contributed by atoms with E-state index in [-0.39, 0.29) is 23.8 Å². The largest absolute Gasteiger partial charge is 0.496 e. The molecule has 2 amide bonds. The molecule has 2 atom stereocenters. The molecule has 2 unspecified atom stereocenters. The number of nitrogens with one attached hydrogen (secondary N) is 1. The summed E-state index contributed by atoms with van der Waals surface area (Å²) in [6.45, 7) is 1.41. The lowest BCUT2D eigenvalue weighted by molar-refractivity contribution is -0.140. The van der Waals surface area contributed by atoms with Crippen molar-refractivity contribution < 1.29 is 14.3 Å². The van der Waals surface area contributed by atoms with Gasteiger partial charge in [-0.25, -0.2) is 0 Å². The first-order valence-electron chi connectivity index (χ1n) is 8.38. The van der Waals surface area contributed by atoms with E-state index >= 15 is 0 Å². The zero-order valence-electron chi connectivity index (χ0n) is 13.6. The van der Waals surface area contributed by atoms with Crippen LogP contribution in [0.2, 0.25) is 0 Å². The monoisotopic (exact) mass is 316 g/mol. The first-order chi connectivity index (χ1) is 11.2. The summed E-state index contributed by atoms with van der Waals surface area (Å²) >= 11 is 0. The number of piperidine rings is 1. The Morgan fingerprint density at radius 2 is 2.17 bits per heavy atom. The molecule has 124 valence electrons. The van der Waals surface area contributed by atoms with Crippen LogP contribution in [0.4, 0.5) is 0 Å². The number of amides is 2. The van der Waals surface area contributed by atoms with Crippen molar-refractivity contribution >= 4 is 11.8 Å². The second-order valence-corrected chi connectivity index (χ2v) is 6.38. The molecule has 3 rings (SSSR count). The third-order valence-electron chi connectivity index (χ3n) is 4.90. The molecular formula is C18H24N2O3. The SMILES string of the molecule is COc1ccccc1CC1CCCN1C(=O)C1CCNC(=O)C1. The number of benzene rings is 1. The summed E-state index contributed by atoms with van der Waals surface area (Å²) in [4.78, 5) is 26.4. The summed E-state index contributed by atoms with van der Waals surface area (Å²) in [5, 5.41) is 2.80. The van der Waals surface area contributed by atoms with E-state index in [1.807, 2.05) is 23.1 Å². The first-order valence-corrected chi connectivity index (χ1v) is 8.38. The number of ether oxygens (including phenoxy) is 1. The van der Waals surface area contributed by atoms with Gasteiger partial charge < -0.3 is 15.0 Å². The van der Waals surface area contributed by atoms with Crippen molar-refractivity contribution in [1.82, 2.24) is 10.2 Å². The summed E-state index contributed by atoms with van der Waals surface area (Å²) in [7, 11) is 1.68. The van der Waals surface area contributed by atoms with Gasteiger partial charge in [-0.2, -0.15) is 0 Å². The number of carbonyl (C=O) groups excluding carboxylic acids is 2. The van der Waals surface area contributed by atoms with Crippen LogP contribution in [-0.2, 0) is 16.0 Å². The summed E-state index contributed by atoms with van der Waals surface area (Å²) in [5.74, 6) is 0.873. The van der Waals surface area contributed by atoms with E-state index in [9.17, 15) is 9.59 Å². The molecule has 1 N–H and O–H groups in total. The Labute approximate surface area is 137 Å². The molecule has 2 aliphatic heterocycles. The number of nitrogens with zero attached hydrogens (tertiary/aromatic N) is 1. The smallest absolute Gasteiger partial charge is 0.226 e. The van der Waals surface area contributed by atoms with Crippen molar-refractivity contribution in [1.29, 1.82) is 0 Å². The van der Waals surface area contributed by atoms with Crippen molar-refractivity contribution in [2.75, 3.05) is 20.2 Å². The van der Waals surface area contributed by atoms with Gasteiger partial charge in [0.05, 0.1) is 7.11 Å². The lowest BCUT2D eigenvalue weighted by Crippen LogP contribution is -2.45. The van der Waals surface area contributed by atoms with Gasteiger partial charge in [0, 0.05) is 31.5 Å². The van der Waals surface area contributed by atoms with Gasteiger partial charge in [0.1, 0.15) is 5.75 Å². The predicted molar refractivity (Wildman–Crippen MR) is 87.2 cm³/mol. The maximum atomic E-state index is 12.8. The Bertz CT molecular complexity index is 587. The van der Waals surface area contributed by atoms with Crippen LogP contribution in [0.15, 0.2) is 24.3 Å². The van der Waals surface area contributed by atoms with Gasteiger partial charge in [0.2, 0.25) is 11.8 Å². The number of carbonyl (C=O) groups is 2. The molecule has 2 aliphatic rings. The Balaban J connectivity index is 1.70. The Morgan fingerprint density at radius 1 is 1.35 bits per heavy atom. The fourth-order valence-corrected chi connectivity index (χ4v) is 3.69. The highest BCUT2D eigenvalue weighted by Gasteiger charge is 2.35. The van der Waals surface area contributed by atoms with E-state index in [1.54, 1.807) is 7.11 Å². The van der Waals surface area contributed by atoms with Gasteiger partial charge in [0.15, 0.2) is 0 Å². The minimum atomic E-state index is -0.151. The molecule has 1 aromatic carbocycles. The first kappa shape index (κ1) is 15.8. The molecule has 2 heterocycles. The van der Waals surface area contributed by atoms with Gasteiger partial charge in [-0.1, -0.05) is 18.2 Å². The van der Waals surface area contributed by atoms with Crippen LogP contribution in [0, 0.1) is 5.92 Å². The van der Waals surface area contributed by atoms with Crippen molar-refractivity contribution in [3.05, 3.63) is 29.8 Å². The highest BCUT2D eigenvalue weighted by Crippen LogP contribution is 2.28. The summed E-state index contributed by atoms with van der Waals surface area (Å²) in [6, 6.07) is 8.20. The van der Waals surface area contributed by atoms with E-state index in [0.29, 0.717) is 13.0 Å². The van der Waals surface area contributed by atoms with Gasteiger partial charge in [-0.05, 0) is 37.3 Å². The second-order valence-electron chi connectivity index (χ2n) is 6.38. The topological polar surface area (TPSA) is 58.6 Å². The Morgan fingerprint density at radius 3 is 2.96 bits per heavy atom. The van der Waals surface area contributed by atoms with Crippen molar-refractivity contribution in [2.24, 2.45) is 5.92 Å². The zero-order valence-corrected chi connectivity index (χ0v) is 13.6. The van der Waals surface area contributed by atoms with Crippen molar-refractivity contribution in [3.63, 3.8) is 0 Å². The van der Waals surface area contributed by atoms with Crippen LogP contribution in [0.3, 0.4) is 0 Å². The number of hydrogen-bond acceptors (Lipinski definition) is 3. The molecule has 23 heavy (non-hydrogen) atoms. The number of para-hydroxylation sites is 1.